The van der Waals surface area contributed by atoms with Crippen LogP contribution in [-0.2, 0) is 10.2 Å². The number of nitrogens with one attached hydrogen (secondary N) is 2. The Hall–Kier alpha value is -4.02. The minimum atomic E-state index is -1.01. The summed E-state index contributed by atoms with van der Waals surface area (Å²) in [6.07, 6.45) is 7.85. The van der Waals surface area contributed by atoms with Gasteiger partial charge in [0.15, 0.2) is 5.82 Å². The number of amides is 2. The predicted octanol–water partition coefficient (Wildman–Crippen LogP) is 1.52. The first-order valence-corrected chi connectivity index (χ1v) is 10.7. The Labute approximate surface area is 195 Å². The fourth-order valence-electron chi connectivity index (χ4n) is 3.46. The Kier molecular flexibility index (Phi) is 6.44. The van der Waals surface area contributed by atoms with Gasteiger partial charge in [0, 0.05) is 30.7 Å². The number of imidazole rings is 2. The Morgan fingerprint density at radius 3 is 2.56 bits per heavy atom. The van der Waals surface area contributed by atoms with Crippen molar-refractivity contribution in [2.24, 2.45) is 0 Å². The summed E-state index contributed by atoms with van der Waals surface area (Å²) in [6, 6.07) is 10.5. The molecular weight excluding hydrogens is 436 g/mol. The second-order valence-corrected chi connectivity index (χ2v) is 8.45. The molecule has 0 saturated heterocycles. The van der Waals surface area contributed by atoms with Crippen molar-refractivity contribution < 1.29 is 19.8 Å². The summed E-state index contributed by atoms with van der Waals surface area (Å²) in [6.45, 7) is 3.03. The Morgan fingerprint density at radius 2 is 1.88 bits per heavy atom. The number of aromatic nitrogens is 4. The lowest BCUT2D eigenvalue weighted by Crippen LogP contribution is -2.43. The molecule has 3 heterocycles. The van der Waals surface area contributed by atoms with E-state index in [-0.39, 0.29) is 18.4 Å². The van der Waals surface area contributed by atoms with Gasteiger partial charge in [-0.15, -0.1) is 0 Å². The lowest BCUT2D eigenvalue weighted by Gasteiger charge is -2.25. The van der Waals surface area contributed by atoms with Crippen molar-refractivity contribution in [1.82, 2.24) is 24.3 Å². The van der Waals surface area contributed by atoms with E-state index in [1.807, 2.05) is 33.5 Å². The average Bonchev–Trinajstić information content (AvgIpc) is 3.51. The molecule has 34 heavy (non-hydrogen) atoms. The maximum absolute atomic E-state index is 12.7. The van der Waals surface area contributed by atoms with Gasteiger partial charge in [-0.1, -0.05) is 12.1 Å². The molecule has 0 aliphatic carbocycles. The standard InChI is InChI=1S/C24H26N6O4/c1-24(2,23(34)26-11-19(32)14-31)17-5-3-16(4-6-17)22(33)28-20-13-30-12-18(7-8-21(30)27-20)29-10-9-25-15-29/h3-10,12-13,15,19,31-32H,11,14H2,1-2H3,(H,26,34)(H,28,33)/t19-/m1/s1. The zero-order chi connectivity index (χ0) is 24.3. The molecule has 3 aromatic heterocycles. The minimum absolute atomic E-state index is 0.0396. The molecule has 176 valence electrons. The van der Waals surface area contributed by atoms with Crippen LogP contribution in [0.4, 0.5) is 5.82 Å². The van der Waals surface area contributed by atoms with Crippen molar-refractivity contribution >= 4 is 23.3 Å². The van der Waals surface area contributed by atoms with Crippen LogP contribution in [0.25, 0.3) is 11.3 Å². The number of hydrogen-bond donors (Lipinski definition) is 4. The molecule has 0 aliphatic rings. The number of aliphatic hydroxyl groups excluding tert-OH is 2. The molecule has 0 unspecified atom stereocenters. The van der Waals surface area contributed by atoms with E-state index >= 15 is 0 Å². The van der Waals surface area contributed by atoms with E-state index in [0.717, 1.165) is 5.69 Å². The van der Waals surface area contributed by atoms with Gasteiger partial charge in [0.1, 0.15) is 5.65 Å². The van der Waals surface area contributed by atoms with Crippen molar-refractivity contribution in [3.05, 3.63) is 78.6 Å². The van der Waals surface area contributed by atoms with Crippen molar-refractivity contribution in [2.75, 3.05) is 18.5 Å². The van der Waals surface area contributed by atoms with Crippen molar-refractivity contribution in [3.63, 3.8) is 0 Å². The highest BCUT2D eigenvalue weighted by Gasteiger charge is 2.30. The maximum atomic E-state index is 12.7. The third-order valence-electron chi connectivity index (χ3n) is 5.63. The normalized spacial score (nSPS) is 12.5. The van der Waals surface area contributed by atoms with Crippen LogP contribution >= 0.6 is 0 Å². The van der Waals surface area contributed by atoms with E-state index in [4.69, 9.17) is 5.11 Å². The number of anilines is 1. The Morgan fingerprint density at radius 1 is 1.12 bits per heavy atom. The molecule has 2 amide bonds. The zero-order valence-electron chi connectivity index (χ0n) is 18.8. The van der Waals surface area contributed by atoms with Gasteiger partial charge in [-0.05, 0) is 43.7 Å². The van der Waals surface area contributed by atoms with Crippen LogP contribution in [0.1, 0.15) is 29.8 Å². The lowest BCUT2D eigenvalue weighted by molar-refractivity contribution is -0.126. The summed E-state index contributed by atoms with van der Waals surface area (Å²) in [5.74, 6) is -0.200. The number of rotatable bonds is 8. The summed E-state index contributed by atoms with van der Waals surface area (Å²) in [7, 11) is 0. The third-order valence-corrected chi connectivity index (χ3v) is 5.63. The molecule has 4 aromatic rings. The monoisotopic (exact) mass is 462 g/mol. The summed E-state index contributed by atoms with van der Waals surface area (Å²) in [5.41, 5.74) is 1.84. The molecule has 1 atom stereocenters. The second kappa shape index (κ2) is 9.46. The molecule has 4 N–H and O–H groups in total. The number of pyridine rings is 1. The quantitative estimate of drug-likeness (QED) is 0.314. The van der Waals surface area contributed by atoms with Crippen molar-refractivity contribution in [3.8, 4) is 5.69 Å². The van der Waals surface area contributed by atoms with Gasteiger partial charge >= 0.3 is 0 Å². The van der Waals surface area contributed by atoms with Gasteiger partial charge in [0.05, 0.1) is 36.3 Å². The zero-order valence-corrected chi connectivity index (χ0v) is 18.8. The topological polar surface area (TPSA) is 134 Å². The van der Waals surface area contributed by atoms with Crippen molar-refractivity contribution in [1.29, 1.82) is 0 Å². The van der Waals surface area contributed by atoms with Gasteiger partial charge in [0.2, 0.25) is 5.91 Å². The number of nitrogens with zero attached hydrogens (tertiary/aromatic N) is 4. The summed E-state index contributed by atoms with van der Waals surface area (Å²) < 4.78 is 3.69. The summed E-state index contributed by atoms with van der Waals surface area (Å²) >= 11 is 0. The number of benzene rings is 1. The van der Waals surface area contributed by atoms with E-state index in [1.54, 1.807) is 56.8 Å². The smallest absolute Gasteiger partial charge is 0.256 e. The minimum Gasteiger partial charge on any atom is -0.394 e. The highest BCUT2D eigenvalue weighted by atomic mass is 16.3. The van der Waals surface area contributed by atoms with Gasteiger partial charge < -0.3 is 29.8 Å². The van der Waals surface area contributed by atoms with E-state index in [1.165, 1.54) is 0 Å². The molecule has 1 aromatic carbocycles. The van der Waals surface area contributed by atoms with Gasteiger partial charge in [0.25, 0.3) is 5.91 Å². The summed E-state index contributed by atoms with van der Waals surface area (Å²) in [5, 5.41) is 23.8. The van der Waals surface area contributed by atoms with E-state index in [9.17, 15) is 14.7 Å². The van der Waals surface area contributed by atoms with Gasteiger partial charge in [-0.2, -0.15) is 0 Å². The van der Waals surface area contributed by atoms with Crippen LogP contribution in [0.5, 0.6) is 0 Å². The third kappa shape index (κ3) is 4.82. The summed E-state index contributed by atoms with van der Waals surface area (Å²) in [4.78, 5) is 33.8. The van der Waals surface area contributed by atoms with Crippen molar-refractivity contribution in [2.45, 2.75) is 25.4 Å². The van der Waals surface area contributed by atoms with Gasteiger partial charge in [-0.25, -0.2) is 9.97 Å². The van der Waals surface area contributed by atoms with Crippen LogP contribution < -0.4 is 10.6 Å². The highest BCUT2D eigenvalue weighted by molar-refractivity contribution is 6.04. The fraction of sp³-hybridized carbons (Fsp3) is 0.250. The molecule has 4 rings (SSSR count). The largest absolute Gasteiger partial charge is 0.394 e. The first-order chi connectivity index (χ1) is 16.3. The molecule has 0 aliphatic heterocycles. The number of carbonyl (C=O) groups excluding carboxylic acids is 2. The molecule has 10 heteroatoms. The average molecular weight is 463 g/mol. The Bertz CT molecular complexity index is 1300. The number of carbonyl (C=O) groups is 2. The second-order valence-electron chi connectivity index (χ2n) is 8.45. The van der Waals surface area contributed by atoms with Gasteiger partial charge in [-0.3, -0.25) is 9.59 Å². The van der Waals surface area contributed by atoms with Crippen LogP contribution in [-0.4, -0.2) is 60.2 Å². The number of fused-ring (bicyclic) bond motifs is 1. The van der Waals surface area contributed by atoms with E-state index in [0.29, 0.717) is 22.6 Å². The van der Waals surface area contributed by atoms with Crippen LogP contribution in [0, 0.1) is 0 Å². The Balaban J connectivity index is 1.44. The fourth-order valence-corrected chi connectivity index (χ4v) is 3.46. The number of hydrogen-bond acceptors (Lipinski definition) is 6. The lowest BCUT2D eigenvalue weighted by atomic mass is 9.83. The molecule has 0 bridgehead atoms. The first-order valence-electron chi connectivity index (χ1n) is 10.7. The predicted molar refractivity (Wildman–Crippen MR) is 126 cm³/mol. The molecule has 0 saturated carbocycles. The molecule has 0 fully saturated rings. The molecule has 0 spiro atoms. The SMILES string of the molecule is CC(C)(C(=O)NC[C@@H](O)CO)c1ccc(C(=O)Nc2cn3cc(-n4ccnc4)ccc3n2)cc1. The van der Waals surface area contributed by atoms with Crippen LogP contribution in [0.15, 0.2) is 67.5 Å². The maximum Gasteiger partial charge on any atom is 0.256 e. The van der Waals surface area contributed by atoms with Crippen LogP contribution in [0.3, 0.4) is 0 Å². The van der Waals surface area contributed by atoms with E-state index < -0.39 is 18.1 Å². The van der Waals surface area contributed by atoms with E-state index in [2.05, 4.69) is 20.6 Å². The molecular formula is C24H26N6O4. The number of aliphatic hydroxyl groups is 2. The molecule has 0 radical (unpaired) electrons. The first kappa shape index (κ1) is 23.1. The van der Waals surface area contributed by atoms with Crippen LogP contribution in [0.2, 0.25) is 0 Å². The molecule has 10 nitrogen and oxygen atoms in total. The highest BCUT2D eigenvalue weighted by Crippen LogP contribution is 2.24.